The molecule has 0 unspecified atom stereocenters. The summed E-state index contributed by atoms with van der Waals surface area (Å²) in [7, 11) is 0. The SMILES string of the molecule is CCOc1cccc(CC)c1S. The van der Waals surface area contributed by atoms with Crippen molar-refractivity contribution >= 4 is 12.6 Å². The lowest BCUT2D eigenvalue weighted by atomic mass is 10.1. The molecule has 0 saturated carbocycles. The van der Waals surface area contributed by atoms with Crippen LogP contribution in [-0.4, -0.2) is 6.61 Å². The summed E-state index contributed by atoms with van der Waals surface area (Å²) in [4.78, 5) is 0.974. The van der Waals surface area contributed by atoms with E-state index in [4.69, 9.17) is 4.74 Å². The number of hydrogen-bond acceptors (Lipinski definition) is 2. The standard InChI is InChI=1S/C10H14OS/c1-3-8-6-5-7-9(10(8)12)11-4-2/h5-7,12H,3-4H2,1-2H3. The maximum absolute atomic E-state index is 5.40. The average molecular weight is 182 g/mol. The highest BCUT2D eigenvalue weighted by molar-refractivity contribution is 7.80. The van der Waals surface area contributed by atoms with Gasteiger partial charge in [0, 0.05) is 4.90 Å². The molecule has 0 amide bonds. The third-order valence-electron chi connectivity index (χ3n) is 1.76. The van der Waals surface area contributed by atoms with E-state index in [9.17, 15) is 0 Å². The summed E-state index contributed by atoms with van der Waals surface area (Å²) in [5.41, 5.74) is 1.24. The molecule has 1 aromatic carbocycles. The van der Waals surface area contributed by atoms with Crippen LogP contribution >= 0.6 is 12.6 Å². The average Bonchev–Trinajstić information content (AvgIpc) is 2.09. The van der Waals surface area contributed by atoms with Crippen molar-refractivity contribution in [1.29, 1.82) is 0 Å². The van der Waals surface area contributed by atoms with Gasteiger partial charge >= 0.3 is 0 Å². The van der Waals surface area contributed by atoms with E-state index in [1.807, 2.05) is 19.1 Å². The number of aryl methyl sites for hydroxylation is 1. The Bertz CT molecular complexity index is 258. The highest BCUT2D eigenvalue weighted by Crippen LogP contribution is 2.26. The highest BCUT2D eigenvalue weighted by Gasteiger charge is 2.02. The van der Waals surface area contributed by atoms with Crippen molar-refractivity contribution in [2.24, 2.45) is 0 Å². The Hall–Kier alpha value is -0.630. The largest absolute Gasteiger partial charge is 0.493 e. The van der Waals surface area contributed by atoms with E-state index in [2.05, 4.69) is 25.6 Å². The summed E-state index contributed by atoms with van der Waals surface area (Å²) >= 11 is 4.40. The molecule has 2 heteroatoms. The zero-order chi connectivity index (χ0) is 8.97. The smallest absolute Gasteiger partial charge is 0.132 e. The molecule has 0 fully saturated rings. The molecule has 0 heterocycles. The van der Waals surface area contributed by atoms with E-state index < -0.39 is 0 Å². The van der Waals surface area contributed by atoms with Gasteiger partial charge in [0.2, 0.25) is 0 Å². The quantitative estimate of drug-likeness (QED) is 0.707. The van der Waals surface area contributed by atoms with Gasteiger partial charge in [0.25, 0.3) is 0 Å². The van der Waals surface area contributed by atoms with Gasteiger partial charge in [0.05, 0.1) is 6.61 Å². The van der Waals surface area contributed by atoms with Gasteiger partial charge in [-0.2, -0.15) is 0 Å². The normalized spacial score (nSPS) is 9.92. The van der Waals surface area contributed by atoms with Crippen LogP contribution in [-0.2, 0) is 6.42 Å². The second kappa shape index (κ2) is 4.41. The van der Waals surface area contributed by atoms with E-state index in [0.29, 0.717) is 6.61 Å². The lowest BCUT2D eigenvalue weighted by molar-refractivity contribution is 0.332. The molecule has 0 radical (unpaired) electrons. The predicted molar refractivity (Wildman–Crippen MR) is 54.2 cm³/mol. The van der Waals surface area contributed by atoms with Gasteiger partial charge in [-0.05, 0) is 25.0 Å². The lowest BCUT2D eigenvalue weighted by Crippen LogP contribution is -1.94. The summed E-state index contributed by atoms with van der Waals surface area (Å²) in [6, 6.07) is 6.03. The Kier molecular flexibility index (Phi) is 3.48. The van der Waals surface area contributed by atoms with Crippen LogP contribution in [0.1, 0.15) is 19.4 Å². The maximum Gasteiger partial charge on any atom is 0.132 e. The highest BCUT2D eigenvalue weighted by atomic mass is 32.1. The molecule has 0 bridgehead atoms. The number of ether oxygens (including phenoxy) is 1. The summed E-state index contributed by atoms with van der Waals surface area (Å²) in [5, 5.41) is 0. The van der Waals surface area contributed by atoms with Crippen molar-refractivity contribution in [3.05, 3.63) is 23.8 Å². The molecule has 0 aromatic heterocycles. The van der Waals surface area contributed by atoms with Crippen molar-refractivity contribution in [3.8, 4) is 5.75 Å². The first-order chi connectivity index (χ1) is 5.79. The molecule has 0 aliphatic heterocycles. The molecular formula is C10H14OS. The molecule has 12 heavy (non-hydrogen) atoms. The second-order valence-corrected chi connectivity index (χ2v) is 3.00. The van der Waals surface area contributed by atoms with E-state index in [1.165, 1.54) is 5.56 Å². The second-order valence-electron chi connectivity index (χ2n) is 2.55. The molecule has 0 spiro atoms. The van der Waals surface area contributed by atoms with Crippen LogP contribution in [0.5, 0.6) is 5.75 Å². The molecule has 0 aliphatic carbocycles. The van der Waals surface area contributed by atoms with Crippen LogP contribution in [0.3, 0.4) is 0 Å². The first-order valence-corrected chi connectivity index (χ1v) is 4.68. The van der Waals surface area contributed by atoms with Crippen molar-refractivity contribution in [3.63, 3.8) is 0 Å². The van der Waals surface area contributed by atoms with Gasteiger partial charge < -0.3 is 4.74 Å². The molecule has 0 N–H and O–H groups in total. The van der Waals surface area contributed by atoms with E-state index in [-0.39, 0.29) is 0 Å². The fourth-order valence-electron chi connectivity index (χ4n) is 1.13. The zero-order valence-corrected chi connectivity index (χ0v) is 8.40. The third-order valence-corrected chi connectivity index (χ3v) is 2.27. The van der Waals surface area contributed by atoms with Crippen molar-refractivity contribution in [2.45, 2.75) is 25.2 Å². The minimum atomic E-state index is 0.695. The molecule has 1 nitrogen and oxygen atoms in total. The monoisotopic (exact) mass is 182 g/mol. The van der Waals surface area contributed by atoms with Gasteiger partial charge in [-0.3, -0.25) is 0 Å². The summed E-state index contributed by atoms with van der Waals surface area (Å²) < 4.78 is 5.40. The molecule has 1 rings (SSSR count). The summed E-state index contributed by atoms with van der Waals surface area (Å²) in [6.45, 7) is 4.79. The minimum Gasteiger partial charge on any atom is -0.493 e. The minimum absolute atomic E-state index is 0.695. The van der Waals surface area contributed by atoms with E-state index in [1.54, 1.807) is 0 Å². The molecule has 1 aromatic rings. The first-order valence-electron chi connectivity index (χ1n) is 4.23. The van der Waals surface area contributed by atoms with Gasteiger partial charge in [-0.15, -0.1) is 12.6 Å². The molecular weight excluding hydrogens is 168 g/mol. The van der Waals surface area contributed by atoms with Crippen LogP contribution in [0.4, 0.5) is 0 Å². The Balaban J connectivity index is 2.97. The fourth-order valence-corrected chi connectivity index (χ4v) is 1.50. The summed E-state index contributed by atoms with van der Waals surface area (Å²) in [5.74, 6) is 0.889. The predicted octanol–water partition coefficient (Wildman–Crippen LogP) is 2.94. The van der Waals surface area contributed by atoms with Crippen LogP contribution in [0.15, 0.2) is 23.1 Å². The Labute approximate surface area is 79.2 Å². The van der Waals surface area contributed by atoms with Crippen LogP contribution in [0.25, 0.3) is 0 Å². The van der Waals surface area contributed by atoms with Gasteiger partial charge in [-0.25, -0.2) is 0 Å². The van der Waals surface area contributed by atoms with Crippen LogP contribution in [0.2, 0.25) is 0 Å². The van der Waals surface area contributed by atoms with Crippen LogP contribution < -0.4 is 4.74 Å². The van der Waals surface area contributed by atoms with Crippen LogP contribution in [0, 0.1) is 0 Å². The number of rotatable bonds is 3. The van der Waals surface area contributed by atoms with Crippen molar-refractivity contribution < 1.29 is 4.74 Å². The van der Waals surface area contributed by atoms with Gasteiger partial charge in [0.15, 0.2) is 0 Å². The molecule has 0 saturated heterocycles. The first kappa shape index (κ1) is 9.46. The molecule has 0 atom stereocenters. The van der Waals surface area contributed by atoms with E-state index >= 15 is 0 Å². The molecule has 66 valence electrons. The number of hydrogen-bond donors (Lipinski definition) is 1. The summed E-state index contributed by atoms with van der Waals surface area (Å²) in [6.07, 6.45) is 1.000. The van der Waals surface area contributed by atoms with Gasteiger partial charge in [0.1, 0.15) is 5.75 Å². The molecule has 0 aliphatic rings. The van der Waals surface area contributed by atoms with E-state index in [0.717, 1.165) is 17.1 Å². The maximum atomic E-state index is 5.40. The number of thiol groups is 1. The fraction of sp³-hybridized carbons (Fsp3) is 0.400. The van der Waals surface area contributed by atoms with Crippen molar-refractivity contribution in [2.75, 3.05) is 6.61 Å². The Morgan fingerprint density at radius 3 is 2.67 bits per heavy atom. The van der Waals surface area contributed by atoms with Gasteiger partial charge in [-0.1, -0.05) is 19.1 Å². The zero-order valence-electron chi connectivity index (χ0n) is 7.50. The Morgan fingerprint density at radius 1 is 1.33 bits per heavy atom. The Morgan fingerprint density at radius 2 is 2.08 bits per heavy atom. The topological polar surface area (TPSA) is 9.23 Å². The van der Waals surface area contributed by atoms with Crippen molar-refractivity contribution in [1.82, 2.24) is 0 Å². The lowest BCUT2D eigenvalue weighted by Gasteiger charge is -2.08. The third kappa shape index (κ3) is 1.95. The number of benzene rings is 1.